The summed E-state index contributed by atoms with van der Waals surface area (Å²) in [5, 5.41) is 4.08. The molecule has 0 aromatic rings. The minimum Gasteiger partial charge on any atom is -0.463 e. The van der Waals surface area contributed by atoms with Gasteiger partial charge in [-0.2, -0.15) is 13.2 Å². The second kappa shape index (κ2) is 28.4. The van der Waals surface area contributed by atoms with Gasteiger partial charge < -0.3 is 81.7 Å². The van der Waals surface area contributed by atoms with Gasteiger partial charge in [0, 0.05) is 81.2 Å². The van der Waals surface area contributed by atoms with Gasteiger partial charge in [0.2, 0.25) is 5.91 Å². The monoisotopic (exact) mass is 1080 g/mol. The van der Waals surface area contributed by atoms with E-state index in [1.165, 1.54) is 0 Å². The third kappa shape index (κ3) is 19.5. The molecule has 74 heavy (non-hydrogen) atoms. The lowest BCUT2D eigenvalue weighted by molar-refractivity contribution is -0.376. The van der Waals surface area contributed by atoms with Crippen LogP contribution in [0.15, 0.2) is 0 Å². The van der Waals surface area contributed by atoms with E-state index in [0.717, 1.165) is 41.5 Å². The molecule has 418 valence electrons. The summed E-state index contributed by atoms with van der Waals surface area (Å²) in [6, 6.07) is -1.67. The number of carbonyl (C=O) groups excluding carboxylic acids is 11. The van der Waals surface area contributed by atoms with Gasteiger partial charge >= 0.3 is 65.8 Å². The van der Waals surface area contributed by atoms with Crippen molar-refractivity contribution in [1.29, 1.82) is 0 Å². The molecule has 28 nitrogen and oxygen atoms in total. The van der Waals surface area contributed by atoms with Crippen molar-refractivity contribution in [2.24, 2.45) is 0 Å². The van der Waals surface area contributed by atoms with E-state index < -0.39 is 224 Å². The Morgan fingerprint density at radius 2 is 0.865 bits per heavy atom. The van der Waals surface area contributed by atoms with E-state index in [4.69, 9.17) is 76.5 Å². The summed E-state index contributed by atoms with van der Waals surface area (Å²) in [6.07, 6.45) is -33.9. The normalized spacial score (nSPS) is 30.4. The summed E-state index contributed by atoms with van der Waals surface area (Å²) in [5.74, 6) is -13.8. The zero-order valence-corrected chi connectivity index (χ0v) is 40.5. The Labute approximate surface area is 425 Å². The average molecular weight is 1080 g/mol. The Balaban J connectivity index is 2.35. The first-order valence-corrected chi connectivity index (χ1v) is 21.8. The molecular formula is C43H59F3N2O26. The number of halogens is 3. The predicted molar refractivity (Wildman–Crippen MR) is 226 cm³/mol. The standard InChI is InChI=1S/C43H59F3N2O26/c1-17(49)48-30-34(66-23(7)55)31(27(14-61-18(2)50)70-39(30)60-13-11-12-47-42(59)43(44,45)46)73-40-38(69-26(10)58)36(33(65-22(6)54)29(71-40)16-63-20(4)52)74-41-37(68-25(9)57)35(67-24(8)56)32(64-21(5)53)28(72-41)15-62-19(3)51/h27-41H,11-16H2,1-10H3,(H,47,59)(H,48,49)/t27-,28-,29-,30-,31-,32+,33+,34-,35+,36+,37-,38-,39-,40+,41?/m1/s1/i3D,5D,8D,9D. The van der Waals surface area contributed by atoms with Crippen LogP contribution in [0.4, 0.5) is 13.2 Å². The van der Waals surface area contributed by atoms with E-state index in [1.807, 2.05) is 0 Å². The third-order valence-electron chi connectivity index (χ3n) is 9.95. The molecular weight excluding hydrogens is 1020 g/mol. The molecule has 3 rings (SSSR count). The lowest BCUT2D eigenvalue weighted by atomic mass is 9.94. The number of hydrogen-bond acceptors (Lipinski definition) is 26. The number of esters is 9. The quantitative estimate of drug-likeness (QED) is 0.0730. The van der Waals surface area contributed by atoms with Crippen LogP contribution in [0.25, 0.3) is 0 Å². The van der Waals surface area contributed by atoms with Crippen LogP contribution in [-0.2, 0) is 124 Å². The highest BCUT2D eigenvalue weighted by Crippen LogP contribution is 2.38. The summed E-state index contributed by atoms with van der Waals surface area (Å²) < 4.78 is 154. The van der Waals surface area contributed by atoms with Crippen LogP contribution in [-0.4, -0.2) is 197 Å². The number of carbonyl (C=O) groups is 11. The zero-order valence-electron chi connectivity index (χ0n) is 44.5. The molecule has 3 aliphatic rings. The third-order valence-corrected chi connectivity index (χ3v) is 9.95. The first-order valence-electron chi connectivity index (χ1n) is 24.7. The van der Waals surface area contributed by atoms with Gasteiger partial charge in [-0.25, -0.2) is 0 Å². The van der Waals surface area contributed by atoms with E-state index in [-0.39, 0.29) is 6.42 Å². The predicted octanol–water partition coefficient (Wildman–Crippen LogP) is -1.20. The van der Waals surface area contributed by atoms with E-state index in [0.29, 0.717) is 0 Å². The maximum absolute atomic E-state index is 13.2. The molecule has 0 radical (unpaired) electrons. The van der Waals surface area contributed by atoms with E-state index in [1.54, 1.807) is 5.32 Å². The van der Waals surface area contributed by atoms with Crippen molar-refractivity contribution >= 4 is 65.5 Å². The van der Waals surface area contributed by atoms with Gasteiger partial charge in [0.15, 0.2) is 55.5 Å². The average Bonchev–Trinajstić information content (AvgIpc) is 3.40. The number of hydrogen-bond donors (Lipinski definition) is 2. The van der Waals surface area contributed by atoms with Gasteiger partial charge in [-0.3, -0.25) is 52.7 Å². The van der Waals surface area contributed by atoms with Gasteiger partial charge in [0.25, 0.3) is 0 Å². The minimum absolute atomic E-state index is 0.314. The zero-order chi connectivity index (χ0) is 58.6. The summed E-state index contributed by atoms with van der Waals surface area (Å²) in [4.78, 5) is 139. The van der Waals surface area contributed by atoms with Crippen molar-refractivity contribution in [1.82, 2.24) is 10.6 Å². The topological polar surface area (TPSA) is 350 Å². The summed E-state index contributed by atoms with van der Waals surface area (Å²) in [6.45, 7) is -2.67. The molecule has 3 fully saturated rings. The Morgan fingerprint density at radius 1 is 0.473 bits per heavy atom. The Bertz CT molecular complexity index is 2130. The molecule has 15 atom stereocenters. The first kappa shape index (κ1) is 55.5. The van der Waals surface area contributed by atoms with Crippen molar-refractivity contribution in [3.05, 3.63) is 0 Å². The lowest BCUT2D eigenvalue weighted by Crippen LogP contribution is -2.70. The number of amides is 2. The van der Waals surface area contributed by atoms with Crippen LogP contribution in [0.5, 0.6) is 0 Å². The van der Waals surface area contributed by atoms with E-state index >= 15 is 0 Å². The minimum atomic E-state index is -5.22. The smallest absolute Gasteiger partial charge is 0.463 e. The molecule has 2 N–H and O–H groups in total. The van der Waals surface area contributed by atoms with Crippen LogP contribution in [0.1, 0.15) is 81.0 Å². The second-order valence-electron chi connectivity index (χ2n) is 15.9. The maximum atomic E-state index is 13.2. The SMILES string of the molecule is [2H]CC(=O)OC[C@H]1OC(O[C@H]2[C@@H](OC(C)=O)[C@@H](COC(C)=O)O[C@@H](O[C@H]3[C@H](OC(C)=O)[C@@H](NC(C)=O)[C@H](OCCCNC(=O)C(F)(F)F)O[C@@H]3COC(C)=O)[C@@H]2OC(C)=O)[C@H](OC(=O)C[2H])[C@@H](OC(=O)C[2H])[C@H]1OC(=O)C[2H]. The lowest BCUT2D eigenvalue weighted by Gasteiger charge is -2.50. The molecule has 2 amide bonds. The highest BCUT2D eigenvalue weighted by atomic mass is 19.4. The molecule has 3 aliphatic heterocycles. The Kier molecular flexibility index (Phi) is 21.3. The maximum Gasteiger partial charge on any atom is 0.471 e. The summed E-state index contributed by atoms with van der Waals surface area (Å²) in [7, 11) is 0. The molecule has 0 bridgehead atoms. The highest BCUT2D eigenvalue weighted by molar-refractivity contribution is 5.81. The number of alkyl halides is 3. The summed E-state index contributed by atoms with van der Waals surface area (Å²) in [5.41, 5.74) is 0. The summed E-state index contributed by atoms with van der Waals surface area (Å²) >= 11 is 0. The molecule has 0 aliphatic carbocycles. The Morgan fingerprint density at radius 3 is 1.34 bits per heavy atom. The highest BCUT2D eigenvalue weighted by Gasteiger charge is 2.60. The molecule has 0 spiro atoms. The van der Waals surface area contributed by atoms with Crippen LogP contribution in [0.3, 0.4) is 0 Å². The van der Waals surface area contributed by atoms with Gasteiger partial charge in [0.05, 0.1) is 6.61 Å². The van der Waals surface area contributed by atoms with Gasteiger partial charge in [0.1, 0.15) is 56.4 Å². The fourth-order valence-corrected chi connectivity index (χ4v) is 7.43. The van der Waals surface area contributed by atoms with Gasteiger partial charge in [-0.1, -0.05) is 0 Å². The molecule has 0 saturated carbocycles. The van der Waals surface area contributed by atoms with Crippen LogP contribution >= 0.6 is 0 Å². The largest absolute Gasteiger partial charge is 0.471 e. The molecule has 3 heterocycles. The van der Waals surface area contributed by atoms with E-state index in [2.05, 4.69) is 5.32 Å². The van der Waals surface area contributed by atoms with Gasteiger partial charge in [-0.15, -0.1) is 0 Å². The molecule has 3 saturated heterocycles. The van der Waals surface area contributed by atoms with Crippen LogP contribution < -0.4 is 10.6 Å². The molecule has 0 aromatic carbocycles. The van der Waals surface area contributed by atoms with Crippen molar-refractivity contribution in [3.63, 3.8) is 0 Å². The molecule has 1 unspecified atom stereocenters. The van der Waals surface area contributed by atoms with Crippen LogP contribution in [0.2, 0.25) is 0 Å². The first-order chi connectivity index (χ1) is 36.6. The van der Waals surface area contributed by atoms with E-state index in [9.17, 15) is 65.9 Å². The second-order valence-corrected chi connectivity index (χ2v) is 15.9. The van der Waals surface area contributed by atoms with Crippen molar-refractivity contribution in [2.45, 2.75) is 174 Å². The number of nitrogens with one attached hydrogen (secondary N) is 2. The number of rotatable bonds is 22. The van der Waals surface area contributed by atoms with Gasteiger partial charge in [-0.05, 0) is 6.42 Å². The fourth-order valence-electron chi connectivity index (χ4n) is 7.43. The molecule has 31 heteroatoms. The fraction of sp³-hybridized carbons (Fsp3) is 0.744. The Hall–Kier alpha value is -6.28. The molecule has 0 aromatic heterocycles. The van der Waals surface area contributed by atoms with Crippen molar-refractivity contribution < 1.29 is 142 Å². The van der Waals surface area contributed by atoms with Crippen molar-refractivity contribution in [3.8, 4) is 0 Å². The van der Waals surface area contributed by atoms with Crippen molar-refractivity contribution in [2.75, 3.05) is 33.0 Å². The number of ether oxygens (including phenoxy) is 15. The van der Waals surface area contributed by atoms with Crippen LogP contribution in [0, 0.1) is 0 Å².